The van der Waals surface area contributed by atoms with Crippen molar-refractivity contribution in [2.24, 2.45) is 5.92 Å². The molecule has 0 saturated heterocycles. The van der Waals surface area contributed by atoms with Crippen LogP contribution in [0.2, 0.25) is 0 Å². The number of nitrogens with one attached hydrogen (secondary N) is 2. The molecule has 0 aromatic rings. The Hall–Kier alpha value is -3.16. The van der Waals surface area contributed by atoms with Gasteiger partial charge in [-0.1, -0.05) is 40.5 Å². The summed E-state index contributed by atoms with van der Waals surface area (Å²) >= 11 is 0. The molecule has 3 N–H and O–H groups in total. The maximum Gasteiger partial charge on any atom is 0.306 e. The molecule has 0 aromatic heterocycles. The fourth-order valence-electron chi connectivity index (χ4n) is 2.61. The van der Waals surface area contributed by atoms with E-state index in [2.05, 4.69) is 24.5 Å². The molecule has 0 bridgehead atoms. The number of amides is 3. The first-order chi connectivity index (χ1) is 13.4. The number of hydrogen-bond donors (Lipinski definition) is 3. The fraction of sp³-hybridized carbons (Fsp3) is 0.800. The first-order valence-electron chi connectivity index (χ1n) is 9.86. The summed E-state index contributed by atoms with van der Waals surface area (Å²) in [7, 11) is 2.97. The van der Waals surface area contributed by atoms with E-state index in [1.165, 1.54) is 38.7 Å². The number of methoxy groups -OCH3 is 1. The number of carbonyl (C=O) groups excluding carboxylic acids is 3. The second-order valence-corrected chi connectivity index (χ2v) is 7.49. The molecular formula is C20H38FmN3O6-. The number of aliphatic carboxylic acids is 1. The standard InChI is InChI=1S/C17H30N3O6.C3H8.Fm/c1-7-11(2)15(12(26-6)8-14(23)24)20(5)13(22)9-18-16(25)17(3,4)19-10-21;1-3-2;/h11-12,15H,7-9H2,1-6H3,(H,18,25)(H,19,21)(H,23,24);3H2,1-2H3;/q-1;;. The van der Waals surface area contributed by atoms with Crippen LogP contribution >= 0.6 is 0 Å². The van der Waals surface area contributed by atoms with Gasteiger partial charge in [0, 0.05) is 14.2 Å². The van der Waals surface area contributed by atoms with Gasteiger partial charge >= 0.3 is 5.97 Å². The third-order valence-corrected chi connectivity index (χ3v) is 4.46. The fourth-order valence-corrected chi connectivity index (χ4v) is 2.61. The Morgan fingerprint density at radius 1 is 1.20 bits per heavy atom. The Morgan fingerprint density at radius 3 is 2.07 bits per heavy atom. The minimum Gasteiger partial charge on any atom is -0.520 e. The molecular weight excluding hydrogens is 635 g/mol. The number of likely N-dealkylation sites (N-methyl/N-ethyl adjacent to an activating group) is 1. The zero-order chi connectivity index (χ0) is 23.2. The number of nitrogens with zero attached hydrogens (tertiary/aromatic N) is 1. The first-order valence-corrected chi connectivity index (χ1v) is 9.86. The van der Waals surface area contributed by atoms with Crippen molar-refractivity contribution in [2.75, 3.05) is 20.7 Å². The van der Waals surface area contributed by atoms with E-state index in [0.29, 0.717) is 0 Å². The van der Waals surface area contributed by atoms with Crippen molar-refractivity contribution in [3.63, 3.8) is 0 Å². The van der Waals surface area contributed by atoms with E-state index in [-0.39, 0.29) is 24.8 Å². The van der Waals surface area contributed by atoms with Gasteiger partial charge in [0.1, 0.15) is 0 Å². The van der Waals surface area contributed by atoms with E-state index in [1.54, 1.807) is 7.05 Å². The van der Waals surface area contributed by atoms with Crippen LogP contribution in [0.4, 0.5) is 0 Å². The molecule has 0 rings (SSSR count). The quantitative estimate of drug-likeness (QED) is 0.212. The van der Waals surface area contributed by atoms with Gasteiger partial charge in [0.2, 0.25) is 11.8 Å². The van der Waals surface area contributed by atoms with E-state index in [9.17, 15) is 19.2 Å². The van der Waals surface area contributed by atoms with Gasteiger partial charge < -0.3 is 30.2 Å². The Kier molecular flexibility index (Phi) is 16.5. The van der Waals surface area contributed by atoms with Crippen LogP contribution in [0.3, 0.4) is 0 Å². The third kappa shape index (κ3) is 11.0. The van der Waals surface area contributed by atoms with Crippen LogP contribution in [0.1, 0.15) is 60.8 Å². The average Bonchev–Trinajstić information content (AvgIpc) is 2.64. The van der Waals surface area contributed by atoms with E-state index in [4.69, 9.17) is 9.84 Å². The molecule has 0 radical (unpaired) electrons. The molecule has 0 fully saturated rings. The van der Waals surface area contributed by atoms with Crippen LogP contribution in [0.25, 0.3) is 0 Å². The zero-order valence-corrected chi connectivity index (χ0v) is 21.7. The minimum atomic E-state index is -1.20. The molecule has 0 saturated carbocycles. The Morgan fingerprint density at radius 2 is 1.70 bits per heavy atom. The second-order valence-electron chi connectivity index (χ2n) is 7.49. The van der Waals surface area contributed by atoms with Crippen molar-refractivity contribution in [2.45, 2.75) is 78.5 Å². The predicted molar refractivity (Wildman–Crippen MR) is 111 cm³/mol. The molecule has 0 spiro atoms. The molecule has 30 heavy (non-hydrogen) atoms. The van der Waals surface area contributed by atoms with E-state index in [0.717, 1.165) is 6.42 Å². The molecule has 0 aliphatic heterocycles. The smallest absolute Gasteiger partial charge is 0.306 e. The summed E-state index contributed by atoms with van der Waals surface area (Å²) < 4.78 is 5.31. The van der Waals surface area contributed by atoms with Crippen molar-refractivity contribution in [3.05, 3.63) is 0 Å². The third-order valence-electron chi connectivity index (χ3n) is 4.46. The monoisotopic (exact) mass is 673 g/mol. The van der Waals surface area contributed by atoms with Crippen LogP contribution in [-0.4, -0.2) is 72.6 Å². The molecule has 0 aromatic carbocycles. The molecule has 0 heterocycles. The van der Waals surface area contributed by atoms with E-state index >= 15 is 0 Å². The van der Waals surface area contributed by atoms with Gasteiger partial charge in [-0.3, -0.25) is 14.4 Å². The Balaban J connectivity index is -0.00000171. The molecule has 3 unspecified atom stereocenters. The van der Waals surface area contributed by atoms with Gasteiger partial charge in [-0.05, 0) is 19.8 Å². The number of carbonyl (C=O) groups is 3. The van der Waals surface area contributed by atoms with Gasteiger partial charge in [0.15, 0.2) is 0 Å². The van der Waals surface area contributed by atoms with Crippen LogP contribution in [-0.2, 0) is 23.9 Å². The molecule has 0 aliphatic rings. The van der Waals surface area contributed by atoms with Crippen LogP contribution in [0.5, 0.6) is 0 Å². The minimum absolute atomic E-state index is 0. The zero-order valence-electron chi connectivity index (χ0n) is 19.3. The van der Waals surface area contributed by atoms with Crippen molar-refractivity contribution in [1.82, 2.24) is 15.5 Å². The Bertz CT molecular complexity index is 531. The number of rotatable bonds is 12. The van der Waals surface area contributed by atoms with Gasteiger partial charge in [-0.25, -0.2) is 0 Å². The van der Waals surface area contributed by atoms with Crippen molar-refractivity contribution in [3.8, 4) is 0 Å². The summed E-state index contributed by atoms with van der Waals surface area (Å²) in [5.41, 5.74) is -1.20. The average molecular weight is 674 g/mol. The van der Waals surface area contributed by atoms with Crippen molar-refractivity contribution in [1.29, 1.82) is 0 Å². The summed E-state index contributed by atoms with van der Waals surface area (Å²) in [5.74, 6) is -1.94. The predicted octanol–water partition coefficient (Wildman–Crippen LogP) is 1.32. The topological polar surface area (TPSA) is 125 Å². The van der Waals surface area contributed by atoms with Crippen molar-refractivity contribution < 1.29 is 29.0 Å². The molecule has 0 aliphatic carbocycles. The van der Waals surface area contributed by atoms with Gasteiger partial charge in [0.05, 0.1) is 30.7 Å². The number of carboxylic acid groups (broad SMARTS) is 1. The van der Waals surface area contributed by atoms with Gasteiger partial charge in [0.25, 0.3) is 0 Å². The first kappa shape index (κ1) is 31.5. The molecule has 10 heteroatoms. The normalized spacial score (nSPS) is 13.3. The summed E-state index contributed by atoms with van der Waals surface area (Å²) in [6, 6.07) is -0.458. The van der Waals surface area contributed by atoms with Crippen LogP contribution in [0, 0.1) is 5.92 Å². The molecule has 182 valence electrons. The van der Waals surface area contributed by atoms with E-state index in [1.807, 2.05) is 13.8 Å². The second kappa shape index (κ2) is 15.7. The number of ether oxygens (including phenoxy) is 1. The van der Waals surface area contributed by atoms with Crippen molar-refractivity contribution >= 4 is 24.2 Å². The molecule has 9 nitrogen and oxygen atoms in total. The number of hydrogen-bond acceptors (Lipinski definition) is 5. The number of carboxylic acids is 1. The van der Waals surface area contributed by atoms with E-state index < -0.39 is 29.6 Å². The maximum absolute atomic E-state index is 12.5. The summed E-state index contributed by atoms with van der Waals surface area (Å²) in [6.07, 6.45) is 2.52. The molecule has 3 amide bonds. The van der Waals surface area contributed by atoms with Gasteiger partial charge in [-0.15, -0.1) is 0 Å². The summed E-state index contributed by atoms with van der Waals surface area (Å²) in [4.78, 5) is 47.5. The van der Waals surface area contributed by atoms with Gasteiger partial charge in [-0.2, -0.15) is 6.41 Å². The SMILES string of the molecule is CCC.CCC(C)C(C(CC(=O)O)OC)N(C)C(=O)CNC(=O)C(C)(C)N[C-]=O.[Fm]. The van der Waals surface area contributed by atoms with Crippen LogP contribution < -0.4 is 10.6 Å². The molecule has 3 atom stereocenters. The maximum atomic E-state index is 12.5. The largest absolute Gasteiger partial charge is 0.520 e. The summed E-state index contributed by atoms with van der Waals surface area (Å²) in [6.45, 7) is 10.8. The summed E-state index contributed by atoms with van der Waals surface area (Å²) in [5, 5.41) is 13.8. The van der Waals surface area contributed by atoms with Crippen LogP contribution in [0.15, 0.2) is 0 Å². The Labute approximate surface area is 174 Å².